The molecule has 0 aliphatic carbocycles. The summed E-state index contributed by atoms with van der Waals surface area (Å²) in [7, 11) is 0. The second-order valence-electron chi connectivity index (χ2n) is 5.40. The number of thioether (sulfide) groups is 1. The van der Waals surface area contributed by atoms with Gasteiger partial charge in [0, 0.05) is 0 Å². The van der Waals surface area contributed by atoms with Crippen LogP contribution in [0.25, 0.3) is 6.08 Å². The van der Waals surface area contributed by atoms with Crippen molar-refractivity contribution >= 4 is 34.6 Å². The number of benzene rings is 2. The van der Waals surface area contributed by atoms with Crippen LogP contribution in [-0.4, -0.2) is 24.3 Å². The highest BCUT2D eigenvalue weighted by atomic mass is 32.2. The van der Waals surface area contributed by atoms with Crippen LogP contribution in [0.2, 0.25) is 0 Å². The summed E-state index contributed by atoms with van der Waals surface area (Å²) in [4.78, 5) is 17.2. The first kappa shape index (κ1) is 18.5. The summed E-state index contributed by atoms with van der Waals surface area (Å²) in [6.07, 6.45) is 1.77. The predicted molar refractivity (Wildman–Crippen MR) is 106 cm³/mol. The first-order chi connectivity index (χ1) is 13.2. The molecule has 6 nitrogen and oxygen atoms in total. The zero-order valence-electron chi connectivity index (χ0n) is 14.6. The van der Waals surface area contributed by atoms with Crippen LogP contribution in [-0.2, 0) is 4.79 Å². The topological polar surface area (TPSA) is 83.7 Å². The second kappa shape index (κ2) is 8.92. The van der Waals surface area contributed by atoms with Crippen molar-refractivity contribution in [2.75, 3.05) is 13.2 Å². The number of nitriles is 1. The highest BCUT2D eigenvalue weighted by molar-refractivity contribution is 8.18. The van der Waals surface area contributed by atoms with Crippen LogP contribution in [0.4, 0.5) is 5.69 Å². The largest absolute Gasteiger partial charge is 0.490 e. The third-order valence-electron chi connectivity index (χ3n) is 3.50. The Hall–Kier alpha value is -3.24. The Morgan fingerprint density at radius 1 is 1.19 bits per heavy atom. The molecule has 0 atom stereocenters. The molecule has 7 heteroatoms. The maximum atomic E-state index is 12.2. The van der Waals surface area contributed by atoms with E-state index in [0.717, 1.165) is 11.3 Å². The van der Waals surface area contributed by atoms with Crippen molar-refractivity contribution in [3.05, 3.63) is 59.0 Å². The van der Waals surface area contributed by atoms with Crippen LogP contribution < -0.4 is 14.8 Å². The van der Waals surface area contributed by atoms with Crippen LogP contribution in [0, 0.1) is 11.3 Å². The average molecular weight is 379 g/mol. The van der Waals surface area contributed by atoms with Gasteiger partial charge in [-0.2, -0.15) is 5.26 Å². The minimum atomic E-state index is -0.197. The maximum Gasteiger partial charge on any atom is 0.264 e. The van der Waals surface area contributed by atoms with E-state index >= 15 is 0 Å². The Morgan fingerprint density at radius 3 is 2.74 bits per heavy atom. The number of amides is 1. The molecule has 0 radical (unpaired) electrons. The number of para-hydroxylation sites is 1. The van der Waals surface area contributed by atoms with Crippen molar-refractivity contribution in [3.8, 4) is 17.6 Å². The Bertz CT molecular complexity index is 933. The zero-order chi connectivity index (χ0) is 19.1. The van der Waals surface area contributed by atoms with Gasteiger partial charge >= 0.3 is 0 Å². The van der Waals surface area contributed by atoms with E-state index in [-0.39, 0.29) is 12.5 Å². The number of rotatable bonds is 6. The van der Waals surface area contributed by atoms with Gasteiger partial charge < -0.3 is 14.8 Å². The summed E-state index contributed by atoms with van der Waals surface area (Å²) in [6, 6.07) is 16.7. The standard InChI is InChI=1S/C20H17N3O3S/c1-2-25-17-12-14(8-9-16(17)26-11-10-21)13-18-19(24)23-20(27-18)22-15-6-4-3-5-7-15/h3-9,12-13H,2,11H2,1H3,(H,22,23,24). The molecule has 1 amide bonds. The van der Waals surface area contributed by atoms with E-state index in [1.54, 1.807) is 18.2 Å². The number of amidine groups is 1. The van der Waals surface area contributed by atoms with E-state index in [9.17, 15) is 4.79 Å². The number of hydrogen-bond donors (Lipinski definition) is 1. The van der Waals surface area contributed by atoms with Gasteiger partial charge in [0.05, 0.1) is 17.2 Å². The highest BCUT2D eigenvalue weighted by Crippen LogP contribution is 2.32. The fourth-order valence-corrected chi connectivity index (χ4v) is 3.21. The minimum Gasteiger partial charge on any atom is -0.490 e. The normalized spacial score (nSPS) is 16.2. The van der Waals surface area contributed by atoms with Crippen molar-refractivity contribution in [2.24, 2.45) is 4.99 Å². The summed E-state index contributed by atoms with van der Waals surface area (Å²) in [5, 5.41) is 12.0. The Labute approximate surface area is 161 Å². The van der Waals surface area contributed by atoms with Gasteiger partial charge in [0.1, 0.15) is 6.07 Å². The lowest BCUT2D eigenvalue weighted by Gasteiger charge is -2.10. The molecule has 1 N–H and O–H groups in total. The lowest BCUT2D eigenvalue weighted by Crippen LogP contribution is -2.19. The van der Waals surface area contributed by atoms with Crippen molar-refractivity contribution in [3.63, 3.8) is 0 Å². The van der Waals surface area contributed by atoms with Gasteiger partial charge in [-0.25, -0.2) is 4.99 Å². The predicted octanol–water partition coefficient (Wildman–Crippen LogP) is 3.88. The lowest BCUT2D eigenvalue weighted by atomic mass is 10.2. The third-order valence-corrected chi connectivity index (χ3v) is 4.41. The SMILES string of the molecule is CCOc1cc(C=C2SC(=Nc3ccccc3)NC2=O)ccc1OCC#N. The summed E-state index contributed by atoms with van der Waals surface area (Å²) >= 11 is 1.28. The molecule has 2 aromatic rings. The van der Waals surface area contributed by atoms with Gasteiger partial charge in [-0.3, -0.25) is 4.79 Å². The molecular weight excluding hydrogens is 362 g/mol. The van der Waals surface area contributed by atoms with Crippen molar-refractivity contribution < 1.29 is 14.3 Å². The van der Waals surface area contributed by atoms with Gasteiger partial charge in [-0.1, -0.05) is 24.3 Å². The number of hydrogen-bond acceptors (Lipinski definition) is 6. The molecule has 0 aromatic heterocycles. The van der Waals surface area contributed by atoms with Gasteiger partial charge in [-0.15, -0.1) is 0 Å². The number of aliphatic imine (C=N–C) groups is 1. The van der Waals surface area contributed by atoms with Crippen LogP contribution >= 0.6 is 11.8 Å². The Morgan fingerprint density at radius 2 is 2.00 bits per heavy atom. The molecule has 1 aliphatic heterocycles. The fourth-order valence-electron chi connectivity index (χ4n) is 2.36. The molecule has 0 saturated carbocycles. The van der Waals surface area contributed by atoms with Crippen LogP contribution in [0.15, 0.2) is 58.4 Å². The third kappa shape index (κ3) is 4.90. The van der Waals surface area contributed by atoms with Gasteiger partial charge in [-0.05, 0) is 54.6 Å². The van der Waals surface area contributed by atoms with Crippen molar-refractivity contribution in [1.29, 1.82) is 5.26 Å². The minimum absolute atomic E-state index is 0.0575. The fraction of sp³-hybridized carbons (Fsp3) is 0.150. The molecule has 0 bridgehead atoms. The molecule has 136 valence electrons. The quantitative estimate of drug-likeness (QED) is 0.770. The molecule has 0 spiro atoms. The van der Waals surface area contributed by atoms with Crippen LogP contribution in [0.1, 0.15) is 12.5 Å². The number of carbonyl (C=O) groups is 1. The number of ether oxygens (including phenoxy) is 2. The van der Waals surface area contributed by atoms with Crippen molar-refractivity contribution in [1.82, 2.24) is 5.32 Å². The monoisotopic (exact) mass is 379 g/mol. The first-order valence-electron chi connectivity index (χ1n) is 8.31. The molecule has 2 aromatic carbocycles. The Balaban J connectivity index is 1.81. The molecule has 27 heavy (non-hydrogen) atoms. The van der Waals surface area contributed by atoms with Gasteiger partial charge in [0.25, 0.3) is 5.91 Å². The number of nitrogens with zero attached hydrogens (tertiary/aromatic N) is 2. The molecule has 3 rings (SSSR count). The summed E-state index contributed by atoms with van der Waals surface area (Å²) in [5.74, 6) is 0.830. The molecule has 1 fully saturated rings. The van der Waals surface area contributed by atoms with E-state index < -0.39 is 0 Å². The van der Waals surface area contributed by atoms with E-state index in [1.165, 1.54) is 11.8 Å². The molecule has 1 saturated heterocycles. The maximum absolute atomic E-state index is 12.2. The molecule has 1 aliphatic rings. The van der Waals surface area contributed by atoms with Gasteiger partial charge in [0.2, 0.25) is 0 Å². The zero-order valence-corrected chi connectivity index (χ0v) is 15.5. The summed E-state index contributed by atoms with van der Waals surface area (Å²) in [6.45, 7) is 2.27. The van der Waals surface area contributed by atoms with Crippen LogP contribution in [0.5, 0.6) is 11.5 Å². The number of nitrogens with one attached hydrogen (secondary N) is 1. The van der Waals surface area contributed by atoms with E-state index in [1.807, 2.05) is 49.4 Å². The second-order valence-corrected chi connectivity index (χ2v) is 6.43. The molecule has 1 heterocycles. The van der Waals surface area contributed by atoms with E-state index in [4.69, 9.17) is 14.7 Å². The number of carbonyl (C=O) groups excluding carboxylic acids is 1. The molecular formula is C20H17N3O3S. The van der Waals surface area contributed by atoms with Crippen LogP contribution in [0.3, 0.4) is 0 Å². The molecule has 0 unspecified atom stereocenters. The Kier molecular flexibility index (Phi) is 6.13. The smallest absolute Gasteiger partial charge is 0.264 e. The first-order valence-corrected chi connectivity index (χ1v) is 9.12. The van der Waals surface area contributed by atoms with Gasteiger partial charge in [0.15, 0.2) is 23.3 Å². The summed E-state index contributed by atoms with van der Waals surface area (Å²) < 4.78 is 10.9. The highest BCUT2D eigenvalue weighted by Gasteiger charge is 2.24. The lowest BCUT2D eigenvalue weighted by molar-refractivity contribution is -0.115. The van der Waals surface area contributed by atoms with Crippen molar-refractivity contribution in [2.45, 2.75) is 6.92 Å². The van der Waals surface area contributed by atoms with E-state index in [0.29, 0.717) is 28.2 Å². The van der Waals surface area contributed by atoms with E-state index in [2.05, 4.69) is 10.3 Å². The average Bonchev–Trinajstić information content (AvgIpc) is 3.01. The summed E-state index contributed by atoms with van der Waals surface area (Å²) in [5.41, 5.74) is 1.57.